The van der Waals surface area contributed by atoms with Crippen molar-refractivity contribution in [3.8, 4) is 0 Å². The molecule has 0 saturated carbocycles. The normalized spacial score (nSPS) is 15.4. The van der Waals surface area contributed by atoms with Crippen molar-refractivity contribution in [2.75, 3.05) is 6.54 Å². The first-order valence-electron chi connectivity index (χ1n) is 6.29. The number of hydrogen-bond acceptors (Lipinski definition) is 2. The van der Waals surface area contributed by atoms with E-state index in [1.165, 1.54) is 0 Å². The Kier molecular flexibility index (Phi) is 7.39. The number of aliphatic carboxylic acids is 1. The molecule has 0 aromatic rings. The molecule has 0 aromatic carbocycles. The lowest BCUT2D eigenvalue weighted by Gasteiger charge is -2.20. The Hall–Kier alpha value is -0.570. The van der Waals surface area contributed by atoms with E-state index in [9.17, 15) is 4.79 Å². The maximum atomic E-state index is 11.0. The van der Waals surface area contributed by atoms with Gasteiger partial charge in [-0.3, -0.25) is 4.79 Å². The highest BCUT2D eigenvalue weighted by atomic mass is 16.4. The number of hydrogen-bond donors (Lipinski definition) is 2. The quantitative estimate of drug-likeness (QED) is 0.673. The van der Waals surface area contributed by atoms with Gasteiger partial charge in [0.15, 0.2) is 0 Å². The minimum Gasteiger partial charge on any atom is -0.480 e. The fourth-order valence-electron chi connectivity index (χ4n) is 1.97. The van der Waals surface area contributed by atoms with E-state index in [4.69, 9.17) is 5.11 Å². The summed E-state index contributed by atoms with van der Waals surface area (Å²) in [6, 6.07) is -0.394. The second-order valence-electron chi connectivity index (χ2n) is 5.66. The van der Waals surface area contributed by atoms with Crippen LogP contribution in [0, 0.1) is 17.8 Å². The molecule has 0 spiro atoms. The highest BCUT2D eigenvalue weighted by molar-refractivity contribution is 5.73. The molecule has 2 atom stereocenters. The van der Waals surface area contributed by atoms with E-state index in [0.29, 0.717) is 24.2 Å². The molecular formula is C13H27NO2. The maximum Gasteiger partial charge on any atom is 0.320 e. The van der Waals surface area contributed by atoms with Crippen LogP contribution in [0.15, 0.2) is 0 Å². The summed E-state index contributed by atoms with van der Waals surface area (Å²) in [7, 11) is 0. The van der Waals surface area contributed by atoms with Crippen LogP contribution in [0.2, 0.25) is 0 Å². The zero-order valence-electron chi connectivity index (χ0n) is 11.3. The van der Waals surface area contributed by atoms with Gasteiger partial charge >= 0.3 is 5.97 Å². The minimum absolute atomic E-state index is 0.394. The molecule has 0 bridgehead atoms. The first-order chi connectivity index (χ1) is 7.32. The van der Waals surface area contributed by atoms with Crippen LogP contribution in [0.4, 0.5) is 0 Å². The van der Waals surface area contributed by atoms with E-state index in [1.807, 2.05) is 0 Å². The van der Waals surface area contributed by atoms with Crippen LogP contribution in [0.3, 0.4) is 0 Å². The van der Waals surface area contributed by atoms with Crippen molar-refractivity contribution in [3.63, 3.8) is 0 Å². The van der Waals surface area contributed by atoms with Crippen molar-refractivity contribution in [3.05, 3.63) is 0 Å². The number of carbonyl (C=O) groups is 1. The highest BCUT2D eigenvalue weighted by Gasteiger charge is 2.18. The topological polar surface area (TPSA) is 49.3 Å². The van der Waals surface area contributed by atoms with Crippen molar-refractivity contribution in [2.45, 2.75) is 53.5 Å². The Labute approximate surface area is 99.6 Å². The molecule has 2 N–H and O–H groups in total. The van der Waals surface area contributed by atoms with Gasteiger partial charge in [0.05, 0.1) is 0 Å². The molecule has 3 nitrogen and oxygen atoms in total. The summed E-state index contributed by atoms with van der Waals surface area (Å²) in [5.74, 6) is 0.888. The lowest BCUT2D eigenvalue weighted by Crippen LogP contribution is -2.40. The second kappa shape index (κ2) is 7.66. The number of nitrogens with one attached hydrogen (secondary N) is 1. The zero-order chi connectivity index (χ0) is 12.7. The highest BCUT2D eigenvalue weighted by Crippen LogP contribution is 2.11. The van der Waals surface area contributed by atoms with Gasteiger partial charge in [-0.15, -0.1) is 0 Å². The lowest BCUT2D eigenvalue weighted by atomic mass is 9.98. The molecule has 0 aliphatic rings. The van der Waals surface area contributed by atoms with E-state index < -0.39 is 12.0 Å². The summed E-state index contributed by atoms with van der Waals surface area (Å²) in [5, 5.41) is 12.2. The van der Waals surface area contributed by atoms with Gasteiger partial charge in [0.1, 0.15) is 6.04 Å². The second-order valence-corrected chi connectivity index (χ2v) is 5.66. The van der Waals surface area contributed by atoms with Gasteiger partial charge < -0.3 is 10.4 Å². The Morgan fingerprint density at radius 2 is 1.56 bits per heavy atom. The molecule has 0 saturated heterocycles. The predicted molar refractivity (Wildman–Crippen MR) is 67.5 cm³/mol. The van der Waals surface area contributed by atoms with Crippen molar-refractivity contribution in [1.29, 1.82) is 0 Å². The molecule has 0 aliphatic heterocycles. The summed E-state index contributed by atoms with van der Waals surface area (Å²) in [6.45, 7) is 11.5. The van der Waals surface area contributed by atoms with Gasteiger partial charge in [0.2, 0.25) is 0 Å². The molecule has 0 fully saturated rings. The number of carboxylic acids is 1. The Morgan fingerprint density at radius 1 is 1.06 bits per heavy atom. The molecular weight excluding hydrogens is 202 g/mol. The summed E-state index contributed by atoms with van der Waals surface area (Å²) >= 11 is 0. The van der Waals surface area contributed by atoms with Gasteiger partial charge in [-0.25, -0.2) is 0 Å². The lowest BCUT2D eigenvalue weighted by molar-refractivity contribution is -0.140. The van der Waals surface area contributed by atoms with Crippen molar-refractivity contribution in [2.24, 2.45) is 17.8 Å². The summed E-state index contributed by atoms with van der Waals surface area (Å²) < 4.78 is 0. The Balaban J connectivity index is 3.97. The first kappa shape index (κ1) is 15.4. The van der Waals surface area contributed by atoms with Gasteiger partial charge in [0, 0.05) is 0 Å². The third kappa shape index (κ3) is 7.69. The van der Waals surface area contributed by atoms with Crippen LogP contribution < -0.4 is 5.32 Å². The van der Waals surface area contributed by atoms with Crippen molar-refractivity contribution >= 4 is 5.97 Å². The summed E-state index contributed by atoms with van der Waals surface area (Å²) in [6.07, 6.45) is 1.84. The van der Waals surface area contributed by atoms with Crippen LogP contribution in [0.5, 0.6) is 0 Å². The van der Waals surface area contributed by atoms with Crippen LogP contribution in [-0.4, -0.2) is 23.7 Å². The molecule has 96 valence electrons. The molecule has 1 unspecified atom stereocenters. The van der Waals surface area contributed by atoms with Crippen LogP contribution in [0.1, 0.15) is 47.5 Å². The molecule has 0 rings (SSSR count). The third-order valence-electron chi connectivity index (χ3n) is 2.59. The van der Waals surface area contributed by atoms with Crippen LogP contribution >= 0.6 is 0 Å². The standard InChI is InChI=1S/C13H27NO2/c1-9(2)6-11(5)8-14-12(13(15)16)7-10(3)4/h9-12,14H,6-8H2,1-5H3,(H,15,16)/t11?,12-/m0/s1. The summed E-state index contributed by atoms with van der Waals surface area (Å²) in [5.41, 5.74) is 0. The summed E-state index contributed by atoms with van der Waals surface area (Å²) in [4.78, 5) is 11.0. The average molecular weight is 229 g/mol. The SMILES string of the molecule is CC(C)CC(C)CN[C@@H](CC(C)C)C(=O)O. The fraction of sp³-hybridized carbons (Fsp3) is 0.923. The van der Waals surface area contributed by atoms with E-state index in [1.54, 1.807) is 0 Å². The smallest absolute Gasteiger partial charge is 0.320 e. The Bertz CT molecular complexity index is 202. The molecule has 0 heterocycles. The van der Waals surface area contributed by atoms with Gasteiger partial charge in [-0.2, -0.15) is 0 Å². The molecule has 16 heavy (non-hydrogen) atoms. The fourth-order valence-corrected chi connectivity index (χ4v) is 1.97. The molecule has 0 aromatic heterocycles. The van der Waals surface area contributed by atoms with Gasteiger partial charge in [-0.05, 0) is 37.1 Å². The van der Waals surface area contributed by atoms with Crippen LogP contribution in [0.25, 0.3) is 0 Å². The van der Waals surface area contributed by atoms with E-state index in [0.717, 1.165) is 13.0 Å². The van der Waals surface area contributed by atoms with Crippen molar-refractivity contribution in [1.82, 2.24) is 5.32 Å². The van der Waals surface area contributed by atoms with Gasteiger partial charge in [0.25, 0.3) is 0 Å². The van der Waals surface area contributed by atoms with E-state index in [2.05, 4.69) is 39.9 Å². The molecule has 0 aliphatic carbocycles. The van der Waals surface area contributed by atoms with Gasteiger partial charge in [-0.1, -0.05) is 34.6 Å². The van der Waals surface area contributed by atoms with E-state index in [-0.39, 0.29) is 0 Å². The number of rotatable bonds is 8. The number of carboxylic acid groups (broad SMARTS) is 1. The molecule has 3 heteroatoms. The minimum atomic E-state index is -0.731. The zero-order valence-corrected chi connectivity index (χ0v) is 11.3. The molecule has 0 radical (unpaired) electrons. The predicted octanol–water partition coefficient (Wildman–Crippen LogP) is 2.76. The van der Waals surface area contributed by atoms with E-state index >= 15 is 0 Å². The van der Waals surface area contributed by atoms with Crippen molar-refractivity contribution < 1.29 is 9.90 Å². The Morgan fingerprint density at radius 3 is 1.94 bits per heavy atom. The average Bonchev–Trinajstić information content (AvgIpc) is 2.09. The largest absolute Gasteiger partial charge is 0.480 e. The maximum absolute atomic E-state index is 11.0. The third-order valence-corrected chi connectivity index (χ3v) is 2.59. The monoisotopic (exact) mass is 229 g/mol. The van der Waals surface area contributed by atoms with Crippen LogP contribution in [-0.2, 0) is 4.79 Å². The first-order valence-corrected chi connectivity index (χ1v) is 6.29. The molecule has 0 amide bonds.